The first-order valence-electron chi connectivity index (χ1n) is 11.2. The first-order chi connectivity index (χ1) is 15.1. The summed E-state index contributed by atoms with van der Waals surface area (Å²) in [5.74, 6) is 1.14. The second-order valence-corrected chi connectivity index (χ2v) is 10.1. The van der Waals surface area contributed by atoms with Crippen molar-refractivity contribution in [1.29, 1.82) is 0 Å². The number of anilines is 1. The molecular weight excluding hydrogens is 400 g/mol. The molecule has 1 aromatic carbocycles. The Hall–Kier alpha value is -3.19. The van der Waals surface area contributed by atoms with Crippen LogP contribution in [0.2, 0.25) is 0 Å². The SMILES string of the molecule is CCn1cc2cc(-c3ccc4nc(N5CC(C)(C)NC(C)(C)C5)ccc4n3)c(O)cc2n1. The highest BCUT2D eigenvalue weighted by Crippen LogP contribution is 2.33. The highest BCUT2D eigenvalue weighted by molar-refractivity contribution is 5.88. The van der Waals surface area contributed by atoms with Gasteiger partial charge < -0.3 is 15.3 Å². The van der Waals surface area contributed by atoms with E-state index in [2.05, 4.69) is 43.0 Å². The maximum absolute atomic E-state index is 10.6. The molecule has 1 saturated heterocycles. The lowest BCUT2D eigenvalue weighted by molar-refractivity contribution is 0.225. The average molecular weight is 431 g/mol. The molecule has 32 heavy (non-hydrogen) atoms. The van der Waals surface area contributed by atoms with Crippen molar-refractivity contribution in [1.82, 2.24) is 25.1 Å². The van der Waals surface area contributed by atoms with Gasteiger partial charge in [-0.3, -0.25) is 4.68 Å². The van der Waals surface area contributed by atoms with Crippen LogP contribution < -0.4 is 10.2 Å². The van der Waals surface area contributed by atoms with E-state index in [0.717, 1.165) is 53.1 Å². The monoisotopic (exact) mass is 430 g/mol. The van der Waals surface area contributed by atoms with Gasteiger partial charge in [-0.1, -0.05) is 0 Å². The quantitative estimate of drug-likeness (QED) is 0.503. The minimum Gasteiger partial charge on any atom is -0.507 e. The van der Waals surface area contributed by atoms with Gasteiger partial charge in [0.15, 0.2) is 0 Å². The summed E-state index contributed by atoms with van der Waals surface area (Å²) in [5, 5.41) is 19.8. The predicted molar refractivity (Wildman–Crippen MR) is 129 cm³/mol. The molecule has 2 N–H and O–H groups in total. The van der Waals surface area contributed by atoms with Crippen LogP contribution in [0.5, 0.6) is 5.75 Å². The lowest BCUT2D eigenvalue weighted by Gasteiger charge is -2.48. The molecule has 7 nitrogen and oxygen atoms in total. The molecule has 0 spiro atoms. The lowest BCUT2D eigenvalue weighted by Crippen LogP contribution is -2.67. The number of aromatic hydroxyl groups is 1. The summed E-state index contributed by atoms with van der Waals surface area (Å²) in [6.07, 6.45) is 1.99. The lowest BCUT2D eigenvalue weighted by atomic mass is 9.91. The highest BCUT2D eigenvalue weighted by Gasteiger charge is 2.37. The van der Waals surface area contributed by atoms with Gasteiger partial charge >= 0.3 is 0 Å². The molecule has 0 saturated carbocycles. The van der Waals surface area contributed by atoms with Gasteiger partial charge in [0, 0.05) is 53.9 Å². The Kier molecular flexibility index (Phi) is 4.64. The molecule has 0 atom stereocenters. The molecule has 4 aromatic rings. The summed E-state index contributed by atoms with van der Waals surface area (Å²) >= 11 is 0. The van der Waals surface area contributed by atoms with Crippen LogP contribution in [0, 0.1) is 0 Å². The second-order valence-electron chi connectivity index (χ2n) is 10.1. The Bertz CT molecular complexity index is 1310. The maximum Gasteiger partial charge on any atom is 0.129 e. The van der Waals surface area contributed by atoms with Crippen molar-refractivity contribution in [2.75, 3.05) is 18.0 Å². The molecule has 3 aromatic heterocycles. The summed E-state index contributed by atoms with van der Waals surface area (Å²) < 4.78 is 1.87. The number of rotatable bonds is 3. The zero-order valence-corrected chi connectivity index (χ0v) is 19.3. The van der Waals surface area contributed by atoms with E-state index in [1.54, 1.807) is 6.07 Å². The Balaban J connectivity index is 1.51. The van der Waals surface area contributed by atoms with Gasteiger partial charge in [-0.05, 0) is 65.0 Å². The van der Waals surface area contributed by atoms with Crippen molar-refractivity contribution in [3.63, 3.8) is 0 Å². The van der Waals surface area contributed by atoms with Crippen molar-refractivity contribution < 1.29 is 5.11 Å². The fourth-order valence-electron chi connectivity index (χ4n) is 4.97. The van der Waals surface area contributed by atoms with Crippen LogP contribution in [0.4, 0.5) is 5.82 Å². The van der Waals surface area contributed by atoms with E-state index in [-0.39, 0.29) is 16.8 Å². The van der Waals surface area contributed by atoms with Gasteiger partial charge in [-0.25, -0.2) is 9.97 Å². The molecule has 0 bridgehead atoms. The van der Waals surface area contributed by atoms with Gasteiger partial charge in [0.05, 0.1) is 22.2 Å². The summed E-state index contributed by atoms with van der Waals surface area (Å²) in [7, 11) is 0. The Labute approximate surface area is 188 Å². The van der Waals surface area contributed by atoms with Crippen LogP contribution in [-0.4, -0.2) is 49.0 Å². The van der Waals surface area contributed by atoms with E-state index in [1.807, 2.05) is 48.1 Å². The number of pyridine rings is 2. The number of phenols is 1. The van der Waals surface area contributed by atoms with Crippen LogP contribution in [0.1, 0.15) is 34.6 Å². The summed E-state index contributed by atoms with van der Waals surface area (Å²) in [6.45, 7) is 13.5. The number of aryl methyl sites for hydroxylation is 1. The predicted octanol–water partition coefficient (Wildman–Crippen LogP) is 4.34. The molecule has 1 aliphatic heterocycles. The van der Waals surface area contributed by atoms with Crippen LogP contribution in [-0.2, 0) is 6.54 Å². The number of hydrogen-bond acceptors (Lipinski definition) is 6. The minimum absolute atomic E-state index is 0.00223. The Morgan fingerprint density at radius 2 is 1.62 bits per heavy atom. The molecule has 0 radical (unpaired) electrons. The molecule has 166 valence electrons. The second kappa shape index (κ2) is 7.17. The smallest absolute Gasteiger partial charge is 0.129 e. The van der Waals surface area contributed by atoms with Gasteiger partial charge in [-0.2, -0.15) is 5.10 Å². The number of nitrogens with one attached hydrogen (secondary N) is 1. The van der Waals surface area contributed by atoms with Crippen molar-refractivity contribution in [3.05, 3.63) is 42.6 Å². The van der Waals surface area contributed by atoms with E-state index in [4.69, 9.17) is 9.97 Å². The number of phenolic OH excluding ortho intramolecular Hbond substituents is 1. The summed E-state index contributed by atoms with van der Waals surface area (Å²) in [5.41, 5.74) is 3.86. The van der Waals surface area contributed by atoms with Crippen molar-refractivity contribution in [3.8, 4) is 17.0 Å². The summed E-state index contributed by atoms with van der Waals surface area (Å²) in [6, 6.07) is 11.6. The molecule has 0 aliphatic carbocycles. The first kappa shape index (κ1) is 20.7. The number of aromatic nitrogens is 4. The minimum atomic E-state index is 0.00223. The third kappa shape index (κ3) is 3.77. The molecule has 7 heteroatoms. The molecule has 4 heterocycles. The van der Waals surface area contributed by atoms with Crippen molar-refractivity contribution >= 4 is 27.8 Å². The van der Waals surface area contributed by atoms with E-state index < -0.39 is 0 Å². The number of nitrogens with zero attached hydrogens (tertiary/aromatic N) is 5. The molecular formula is C25H30N6O. The number of benzene rings is 1. The molecule has 5 rings (SSSR count). The average Bonchev–Trinajstić information content (AvgIpc) is 3.12. The van der Waals surface area contributed by atoms with E-state index >= 15 is 0 Å². The molecule has 0 amide bonds. The van der Waals surface area contributed by atoms with Gasteiger partial charge in [-0.15, -0.1) is 0 Å². The molecule has 0 unspecified atom stereocenters. The van der Waals surface area contributed by atoms with Gasteiger partial charge in [0.1, 0.15) is 11.6 Å². The molecule has 1 aliphatic rings. The van der Waals surface area contributed by atoms with Crippen molar-refractivity contribution in [2.24, 2.45) is 0 Å². The van der Waals surface area contributed by atoms with Gasteiger partial charge in [0.25, 0.3) is 0 Å². The van der Waals surface area contributed by atoms with Crippen LogP contribution in [0.3, 0.4) is 0 Å². The summed E-state index contributed by atoms with van der Waals surface area (Å²) in [4.78, 5) is 12.1. The molecule has 1 fully saturated rings. The number of hydrogen-bond donors (Lipinski definition) is 2. The van der Waals surface area contributed by atoms with Crippen LogP contribution >= 0.6 is 0 Å². The normalized spacial score (nSPS) is 17.8. The first-order valence-corrected chi connectivity index (χ1v) is 11.2. The fourth-order valence-corrected chi connectivity index (χ4v) is 4.97. The third-order valence-corrected chi connectivity index (χ3v) is 5.97. The largest absolute Gasteiger partial charge is 0.507 e. The zero-order chi connectivity index (χ0) is 22.7. The Morgan fingerprint density at radius 1 is 0.938 bits per heavy atom. The van der Waals surface area contributed by atoms with Crippen LogP contribution in [0.25, 0.3) is 33.2 Å². The third-order valence-electron chi connectivity index (χ3n) is 5.97. The van der Waals surface area contributed by atoms with Crippen molar-refractivity contribution in [2.45, 2.75) is 52.2 Å². The number of piperazine rings is 1. The fraction of sp³-hybridized carbons (Fsp3) is 0.400. The van der Waals surface area contributed by atoms with Crippen LogP contribution in [0.15, 0.2) is 42.6 Å². The topological polar surface area (TPSA) is 79.1 Å². The van der Waals surface area contributed by atoms with Gasteiger partial charge in [0.2, 0.25) is 0 Å². The maximum atomic E-state index is 10.6. The number of fused-ring (bicyclic) bond motifs is 2. The van der Waals surface area contributed by atoms with E-state index in [1.165, 1.54) is 0 Å². The van der Waals surface area contributed by atoms with E-state index in [0.29, 0.717) is 5.56 Å². The standard InChI is InChI=1S/C25H30N6O/c1-6-31-13-16-11-17(22(32)12-21(16)28-31)18-7-8-20-19(26-18)9-10-23(27-20)30-14-24(2,3)29-25(4,5)15-30/h7-13,29,32H,6,14-15H2,1-5H3. The zero-order valence-electron chi connectivity index (χ0n) is 19.3. The van der Waals surface area contributed by atoms with E-state index in [9.17, 15) is 5.11 Å². The highest BCUT2D eigenvalue weighted by atomic mass is 16.3. The Morgan fingerprint density at radius 3 is 2.34 bits per heavy atom.